The summed E-state index contributed by atoms with van der Waals surface area (Å²) in [7, 11) is 0. The second-order valence-corrected chi connectivity index (χ2v) is 6.59. The summed E-state index contributed by atoms with van der Waals surface area (Å²) in [4.78, 5) is 14.9. The molecule has 0 fully saturated rings. The molecule has 0 aliphatic rings. The van der Waals surface area contributed by atoms with Crippen LogP contribution in [0.2, 0.25) is 0 Å². The summed E-state index contributed by atoms with van der Waals surface area (Å²) < 4.78 is 0. The molecule has 0 bridgehead atoms. The Kier molecular flexibility index (Phi) is 4.23. The summed E-state index contributed by atoms with van der Waals surface area (Å²) in [6, 6.07) is 21.6. The molecule has 2 aromatic carbocycles. The van der Waals surface area contributed by atoms with E-state index in [0.717, 1.165) is 21.5 Å². The number of aromatic nitrogens is 2. The first-order valence-corrected chi connectivity index (χ1v) is 8.82. The molecule has 0 atom stereocenters. The lowest BCUT2D eigenvalue weighted by Gasteiger charge is -2.08. The van der Waals surface area contributed by atoms with Gasteiger partial charge in [-0.3, -0.25) is 4.79 Å². The first-order chi connectivity index (χ1) is 12.3. The molecule has 0 amide bonds. The molecule has 0 spiro atoms. The summed E-state index contributed by atoms with van der Waals surface area (Å²) in [6.45, 7) is 0. The van der Waals surface area contributed by atoms with E-state index in [2.05, 4.69) is 22.3 Å². The molecule has 4 aromatic rings. The Hall–Kier alpha value is -3.05. The minimum Gasteiger partial charge on any atom is -0.265 e. The zero-order valence-electron chi connectivity index (χ0n) is 13.4. The Balaban J connectivity index is 1.83. The Morgan fingerprint density at radius 1 is 0.960 bits per heavy atom. The smallest absolute Gasteiger partial charge is 0.265 e. The average molecular weight is 345 g/mol. The highest BCUT2D eigenvalue weighted by Gasteiger charge is 2.10. The van der Waals surface area contributed by atoms with Crippen molar-refractivity contribution < 1.29 is 0 Å². The molecule has 2 aromatic heterocycles. The van der Waals surface area contributed by atoms with Crippen molar-refractivity contribution in [3.05, 3.63) is 98.6 Å². The fourth-order valence-corrected chi connectivity index (χ4v) is 3.30. The second-order valence-electron chi connectivity index (χ2n) is 5.61. The van der Waals surface area contributed by atoms with E-state index in [1.807, 2.05) is 60.0 Å². The van der Waals surface area contributed by atoms with Crippen molar-refractivity contribution in [2.75, 3.05) is 0 Å². The standard InChI is InChI=1S/C20H15N3OS/c24-20-18-11-5-4-10-17(18)19(13-15-7-2-1-3-8-15)22-23(20)21-14-16-9-6-12-25-16/h1-12,14H,13H2. The van der Waals surface area contributed by atoms with E-state index >= 15 is 0 Å². The molecule has 4 nitrogen and oxygen atoms in total. The SMILES string of the molecule is O=c1c2ccccc2c(Cc2ccccc2)nn1N=Cc1cccs1. The van der Waals surface area contributed by atoms with Crippen LogP contribution in [0.25, 0.3) is 10.8 Å². The van der Waals surface area contributed by atoms with Crippen molar-refractivity contribution in [2.24, 2.45) is 5.10 Å². The minimum atomic E-state index is -0.208. The molecule has 25 heavy (non-hydrogen) atoms. The molecule has 0 saturated heterocycles. The number of fused-ring (bicyclic) bond motifs is 1. The van der Waals surface area contributed by atoms with Gasteiger partial charge in [0, 0.05) is 16.7 Å². The highest BCUT2D eigenvalue weighted by molar-refractivity contribution is 7.11. The first-order valence-electron chi connectivity index (χ1n) is 7.94. The molecule has 122 valence electrons. The van der Waals surface area contributed by atoms with E-state index in [0.29, 0.717) is 11.8 Å². The lowest BCUT2D eigenvalue weighted by atomic mass is 10.0. The zero-order valence-corrected chi connectivity index (χ0v) is 14.2. The van der Waals surface area contributed by atoms with Crippen molar-refractivity contribution in [3.63, 3.8) is 0 Å². The van der Waals surface area contributed by atoms with Gasteiger partial charge in [0.05, 0.1) is 17.3 Å². The lowest BCUT2D eigenvalue weighted by Crippen LogP contribution is -2.21. The maximum Gasteiger partial charge on any atom is 0.295 e. The monoisotopic (exact) mass is 345 g/mol. The molecule has 0 aliphatic heterocycles. The highest BCUT2D eigenvalue weighted by Crippen LogP contribution is 2.17. The van der Waals surface area contributed by atoms with Crippen LogP contribution in [0.4, 0.5) is 0 Å². The third kappa shape index (κ3) is 3.27. The molecule has 0 unspecified atom stereocenters. The molecular weight excluding hydrogens is 330 g/mol. The van der Waals surface area contributed by atoms with Crippen LogP contribution in [-0.4, -0.2) is 16.1 Å². The minimum absolute atomic E-state index is 0.208. The maximum absolute atomic E-state index is 12.7. The summed E-state index contributed by atoms with van der Waals surface area (Å²) in [5.41, 5.74) is 1.78. The first kappa shape index (κ1) is 15.5. The van der Waals surface area contributed by atoms with Gasteiger partial charge in [0.2, 0.25) is 0 Å². The predicted molar refractivity (Wildman–Crippen MR) is 103 cm³/mol. The van der Waals surface area contributed by atoms with Gasteiger partial charge in [-0.1, -0.05) is 54.6 Å². The fourth-order valence-electron chi connectivity index (χ4n) is 2.72. The van der Waals surface area contributed by atoms with E-state index < -0.39 is 0 Å². The summed E-state index contributed by atoms with van der Waals surface area (Å²) in [6.07, 6.45) is 2.32. The largest absolute Gasteiger partial charge is 0.295 e. The van der Waals surface area contributed by atoms with Gasteiger partial charge in [0.25, 0.3) is 5.56 Å². The molecular formula is C20H15N3OS. The van der Waals surface area contributed by atoms with Crippen LogP contribution in [-0.2, 0) is 6.42 Å². The summed E-state index contributed by atoms with van der Waals surface area (Å²) in [5.74, 6) is 0. The molecule has 0 N–H and O–H groups in total. The molecule has 5 heteroatoms. The predicted octanol–water partition coefficient (Wildman–Crippen LogP) is 3.93. The zero-order chi connectivity index (χ0) is 17.1. The van der Waals surface area contributed by atoms with Gasteiger partial charge in [-0.15, -0.1) is 16.1 Å². The van der Waals surface area contributed by atoms with Crippen LogP contribution in [0.3, 0.4) is 0 Å². The summed E-state index contributed by atoms with van der Waals surface area (Å²) >= 11 is 1.57. The van der Waals surface area contributed by atoms with Crippen molar-refractivity contribution in [2.45, 2.75) is 6.42 Å². The van der Waals surface area contributed by atoms with Crippen LogP contribution in [0.1, 0.15) is 16.1 Å². The Bertz CT molecular complexity index is 1080. The second kappa shape index (κ2) is 6.83. The molecule has 0 aliphatic carbocycles. The quantitative estimate of drug-likeness (QED) is 0.526. The molecule has 4 rings (SSSR count). The van der Waals surface area contributed by atoms with Crippen molar-refractivity contribution in [3.8, 4) is 0 Å². The number of hydrogen-bond donors (Lipinski definition) is 0. The van der Waals surface area contributed by atoms with Crippen molar-refractivity contribution in [1.29, 1.82) is 0 Å². The topological polar surface area (TPSA) is 47.2 Å². The molecule has 0 radical (unpaired) electrons. The Morgan fingerprint density at radius 2 is 1.72 bits per heavy atom. The van der Waals surface area contributed by atoms with Gasteiger partial charge in [-0.05, 0) is 23.1 Å². The normalized spacial score (nSPS) is 11.4. The fraction of sp³-hybridized carbons (Fsp3) is 0.0500. The van der Waals surface area contributed by atoms with E-state index in [9.17, 15) is 4.79 Å². The van der Waals surface area contributed by atoms with E-state index in [4.69, 9.17) is 0 Å². The highest BCUT2D eigenvalue weighted by atomic mass is 32.1. The van der Waals surface area contributed by atoms with Gasteiger partial charge < -0.3 is 0 Å². The van der Waals surface area contributed by atoms with Crippen LogP contribution < -0.4 is 5.56 Å². The van der Waals surface area contributed by atoms with Crippen LogP contribution in [0.5, 0.6) is 0 Å². The van der Waals surface area contributed by atoms with E-state index in [-0.39, 0.29) is 5.56 Å². The Labute approximate surface area is 148 Å². The number of thiophene rings is 1. The third-order valence-electron chi connectivity index (χ3n) is 3.92. The number of rotatable bonds is 4. The van der Waals surface area contributed by atoms with Gasteiger partial charge in [-0.2, -0.15) is 10.2 Å². The van der Waals surface area contributed by atoms with Crippen LogP contribution in [0, 0.1) is 0 Å². The number of hydrogen-bond acceptors (Lipinski definition) is 4. The third-order valence-corrected chi connectivity index (χ3v) is 4.72. The molecule has 0 saturated carbocycles. The van der Waals surface area contributed by atoms with E-state index in [1.165, 1.54) is 4.79 Å². The lowest BCUT2D eigenvalue weighted by molar-refractivity contribution is 0.679. The van der Waals surface area contributed by atoms with Crippen LogP contribution in [0.15, 0.2) is 82.0 Å². The van der Waals surface area contributed by atoms with Gasteiger partial charge >= 0.3 is 0 Å². The number of benzene rings is 2. The molecule has 2 heterocycles. The number of nitrogens with zero attached hydrogens (tertiary/aromatic N) is 3. The average Bonchev–Trinajstić information content (AvgIpc) is 3.17. The van der Waals surface area contributed by atoms with E-state index in [1.54, 1.807) is 17.6 Å². The van der Waals surface area contributed by atoms with Gasteiger partial charge in [0.1, 0.15) is 0 Å². The van der Waals surface area contributed by atoms with Crippen LogP contribution >= 0.6 is 11.3 Å². The van der Waals surface area contributed by atoms with Crippen molar-refractivity contribution in [1.82, 2.24) is 9.89 Å². The maximum atomic E-state index is 12.7. The van der Waals surface area contributed by atoms with Gasteiger partial charge in [0.15, 0.2) is 0 Å². The summed E-state index contributed by atoms with van der Waals surface area (Å²) in [5, 5.41) is 12.3. The van der Waals surface area contributed by atoms with Gasteiger partial charge in [-0.25, -0.2) is 0 Å². The Morgan fingerprint density at radius 3 is 2.48 bits per heavy atom. The van der Waals surface area contributed by atoms with Crippen molar-refractivity contribution >= 4 is 28.3 Å².